The molecule has 0 aliphatic carbocycles. The zero-order valence-corrected chi connectivity index (χ0v) is 9.56. The predicted molar refractivity (Wildman–Crippen MR) is 58.0 cm³/mol. The second-order valence-corrected chi connectivity index (χ2v) is 4.77. The van der Waals surface area contributed by atoms with Crippen LogP contribution in [0.15, 0.2) is 0 Å². The molecule has 13 heavy (non-hydrogen) atoms. The Labute approximate surface area is 82.7 Å². The molecule has 1 atom stereocenters. The molecule has 0 aromatic carbocycles. The fraction of sp³-hybridized carbons (Fsp3) is 1.00. The maximum absolute atomic E-state index is 3.62. The van der Waals surface area contributed by atoms with E-state index in [1.807, 2.05) is 0 Å². The number of nitrogens with zero attached hydrogens (tertiary/aromatic N) is 1. The van der Waals surface area contributed by atoms with Crippen LogP contribution >= 0.6 is 0 Å². The summed E-state index contributed by atoms with van der Waals surface area (Å²) in [5, 5.41) is 3.62. The molecule has 0 aromatic heterocycles. The van der Waals surface area contributed by atoms with Crippen molar-refractivity contribution in [1.82, 2.24) is 10.2 Å². The molecule has 2 nitrogen and oxygen atoms in total. The first-order valence-corrected chi connectivity index (χ1v) is 5.58. The van der Waals surface area contributed by atoms with Crippen LogP contribution in [0, 0.1) is 0 Å². The van der Waals surface area contributed by atoms with E-state index in [4.69, 9.17) is 0 Å². The van der Waals surface area contributed by atoms with Crippen molar-refractivity contribution in [2.75, 3.05) is 19.6 Å². The van der Waals surface area contributed by atoms with Gasteiger partial charge in [-0.05, 0) is 26.8 Å². The minimum absolute atomic E-state index is 0.306. The molecule has 1 saturated heterocycles. The fourth-order valence-electron chi connectivity index (χ4n) is 2.20. The monoisotopic (exact) mass is 184 g/mol. The molecule has 1 aliphatic rings. The quantitative estimate of drug-likeness (QED) is 0.720. The van der Waals surface area contributed by atoms with Crippen molar-refractivity contribution in [3.63, 3.8) is 0 Å². The number of hydrogen-bond acceptors (Lipinski definition) is 2. The van der Waals surface area contributed by atoms with E-state index in [2.05, 4.69) is 37.9 Å². The van der Waals surface area contributed by atoms with Crippen LogP contribution in [0.25, 0.3) is 0 Å². The molecule has 1 fully saturated rings. The van der Waals surface area contributed by atoms with Gasteiger partial charge in [0.25, 0.3) is 0 Å². The Hall–Kier alpha value is -0.0800. The average molecular weight is 184 g/mol. The second kappa shape index (κ2) is 4.43. The van der Waals surface area contributed by atoms with Crippen molar-refractivity contribution in [3.8, 4) is 0 Å². The third-order valence-electron chi connectivity index (χ3n) is 2.96. The highest BCUT2D eigenvalue weighted by atomic mass is 15.2. The summed E-state index contributed by atoms with van der Waals surface area (Å²) < 4.78 is 0. The van der Waals surface area contributed by atoms with Crippen molar-refractivity contribution in [1.29, 1.82) is 0 Å². The number of rotatable bonds is 3. The molecule has 0 aromatic rings. The van der Waals surface area contributed by atoms with Crippen molar-refractivity contribution < 1.29 is 0 Å². The first-order valence-electron chi connectivity index (χ1n) is 5.58. The Morgan fingerprint density at radius 1 is 1.38 bits per heavy atom. The number of likely N-dealkylation sites (N-methyl/N-ethyl adjacent to an activating group) is 1. The molecule has 1 N–H and O–H groups in total. The number of hydrogen-bond donors (Lipinski definition) is 1. The van der Waals surface area contributed by atoms with Gasteiger partial charge < -0.3 is 5.32 Å². The average Bonchev–Trinajstić information content (AvgIpc) is 2.08. The molecule has 78 valence electrons. The molecule has 0 spiro atoms. The third-order valence-corrected chi connectivity index (χ3v) is 2.96. The summed E-state index contributed by atoms with van der Waals surface area (Å²) in [6, 6.07) is 0.767. The summed E-state index contributed by atoms with van der Waals surface area (Å²) >= 11 is 0. The van der Waals surface area contributed by atoms with Gasteiger partial charge in [0.15, 0.2) is 0 Å². The van der Waals surface area contributed by atoms with E-state index in [0.29, 0.717) is 5.54 Å². The maximum Gasteiger partial charge on any atom is 0.0252 e. The van der Waals surface area contributed by atoms with Gasteiger partial charge in [0.05, 0.1) is 0 Å². The molecule has 2 heteroatoms. The summed E-state index contributed by atoms with van der Waals surface area (Å²) in [6.45, 7) is 12.7. The highest BCUT2D eigenvalue weighted by Gasteiger charge is 2.30. The summed E-state index contributed by atoms with van der Waals surface area (Å²) in [5.74, 6) is 0. The minimum Gasteiger partial charge on any atom is -0.309 e. The highest BCUT2D eigenvalue weighted by Crippen LogP contribution is 2.17. The van der Waals surface area contributed by atoms with Gasteiger partial charge in [0.1, 0.15) is 0 Å². The highest BCUT2D eigenvalue weighted by molar-refractivity contribution is 4.91. The zero-order chi connectivity index (χ0) is 9.90. The number of piperazine rings is 1. The van der Waals surface area contributed by atoms with Gasteiger partial charge in [-0.25, -0.2) is 0 Å². The zero-order valence-electron chi connectivity index (χ0n) is 9.56. The normalized spacial score (nSPS) is 29.1. The van der Waals surface area contributed by atoms with E-state index in [9.17, 15) is 0 Å². The lowest BCUT2D eigenvalue weighted by molar-refractivity contribution is 0.0951. The van der Waals surface area contributed by atoms with E-state index in [0.717, 1.165) is 12.6 Å². The topological polar surface area (TPSA) is 15.3 Å². The van der Waals surface area contributed by atoms with Crippen molar-refractivity contribution in [2.24, 2.45) is 0 Å². The van der Waals surface area contributed by atoms with Crippen LogP contribution in [0.2, 0.25) is 0 Å². The van der Waals surface area contributed by atoms with Gasteiger partial charge in [-0.1, -0.05) is 20.3 Å². The van der Waals surface area contributed by atoms with Crippen LogP contribution < -0.4 is 5.32 Å². The lowest BCUT2D eigenvalue weighted by Gasteiger charge is -2.44. The van der Waals surface area contributed by atoms with Gasteiger partial charge in [0, 0.05) is 24.7 Å². The fourth-order valence-corrected chi connectivity index (χ4v) is 2.20. The van der Waals surface area contributed by atoms with Gasteiger partial charge in [-0.15, -0.1) is 0 Å². The summed E-state index contributed by atoms with van der Waals surface area (Å²) in [4.78, 5) is 2.61. The molecule has 0 bridgehead atoms. The molecular weight excluding hydrogens is 160 g/mol. The van der Waals surface area contributed by atoms with E-state index in [1.165, 1.54) is 25.9 Å². The van der Waals surface area contributed by atoms with Gasteiger partial charge in [0.2, 0.25) is 0 Å². The molecule has 1 rings (SSSR count). The van der Waals surface area contributed by atoms with E-state index in [1.54, 1.807) is 0 Å². The number of nitrogens with one attached hydrogen (secondary N) is 1. The lowest BCUT2D eigenvalue weighted by atomic mass is 9.97. The predicted octanol–water partition coefficient (Wildman–Crippen LogP) is 1.86. The van der Waals surface area contributed by atoms with Crippen LogP contribution in [0.3, 0.4) is 0 Å². The molecule has 0 amide bonds. The smallest absolute Gasteiger partial charge is 0.0252 e. The standard InChI is InChI=1S/C11H24N2/c1-5-7-10-8-12-11(3,4)9-13(10)6-2/h10,12H,5-9H2,1-4H3. The maximum atomic E-state index is 3.62. The Morgan fingerprint density at radius 2 is 2.08 bits per heavy atom. The Morgan fingerprint density at radius 3 is 2.62 bits per heavy atom. The minimum atomic E-state index is 0.306. The third kappa shape index (κ3) is 2.96. The molecule has 0 saturated carbocycles. The van der Waals surface area contributed by atoms with Crippen LogP contribution in [0.1, 0.15) is 40.5 Å². The van der Waals surface area contributed by atoms with Crippen molar-refractivity contribution in [3.05, 3.63) is 0 Å². The van der Waals surface area contributed by atoms with Crippen LogP contribution in [-0.2, 0) is 0 Å². The second-order valence-electron chi connectivity index (χ2n) is 4.77. The summed E-state index contributed by atoms with van der Waals surface area (Å²) in [6.07, 6.45) is 2.63. The Kier molecular flexibility index (Phi) is 3.74. The lowest BCUT2D eigenvalue weighted by Crippen LogP contribution is -2.61. The Bertz CT molecular complexity index is 154. The van der Waals surface area contributed by atoms with Gasteiger partial charge in [-0.2, -0.15) is 0 Å². The van der Waals surface area contributed by atoms with Crippen molar-refractivity contribution in [2.45, 2.75) is 52.1 Å². The van der Waals surface area contributed by atoms with E-state index >= 15 is 0 Å². The van der Waals surface area contributed by atoms with Crippen molar-refractivity contribution >= 4 is 0 Å². The van der Waals surface area contributed by atoms with Crippen LogP contribution in [0.5, 0.6) is 0 Å². The summed E-state index contributed by atoms with van der Waals surface area (Å²) in [5.41, 5.74) is 0.306. The molecule has 1 unspecified atom stereocenters. The van der Waals surface area contributed by atoms with Crippen LogP contribution in [-0.4, -0.2) is 36.1 Å². The molecular formula is C11H24N2. The first kappa shape index (κ1) is 11.0. The van der Waals surface area contributed by atoms with Gasteiger partial charge in [-0.3, -0.25) is 4.90 Å². The van der Waals surface area contributed by atoms with Crippen LogP contribution in [0.4, 0.5) is 0 Å². The Balaban J connectivity index is 2.50. The summed E-state index contributed by atoms with van der Waals surface area (Å²) in [7, 11) is 0. The SMILES string of the molecule is CCCC1CNC(C)(C)CN1CC. The largest absolute Gasteiger partial charge is 0.309 e. The first-order chi connectivity index (χ1) is 6.09. The molecule has 0 radical (unpaired) electrons. The molecule has 1 heterocycles. The van der Waals surface area contributed by atoms with E-state index in [-0.39, 0.29) is 0 Å². The molecule has 1 aliphatic heterocycles. The van der Waals surface area contributed by atoms with E-state index < -0.39 is 0 Å². The van der Waals surface area contributed by atoms with Gasteiger partial charge >= 0.3 is 0 Å².